The number of thiazole rings is 1. The van der Waals surface area contributed by atoms with Gasteiger partial charge in [0.2, 0.25) is 0 Å². The highest BCUT2D eigenvalue weighted by Gasteiger charge is 2.40. The van der Waals surface area contributed by atoms with E-state index in [-0.39, 0.29) is 0 Å². The first-order chi connectivity index (χ1) is 18.8. The molecule has 0 unspecified atom stereocenters. The highest BCUT2D eigenvalue weighted by atomic mass is 32.1. The van der Waals surface area contributed by atoms with Gasteiger partial charge < -0.3 is 36.8 Å². The van der Waals surface area contributed by atoms with Gasteiger partial charge in [-0.1, -0.05) is 42.5 Å². The number of carbonyl (C=O) groups is 2. The highest BCUT2D eigenvalue weighted by molar-refractivity contribution is 7.13. The van der Waals surface area contributed by atoms with Crippen LogP contribution >= 0.6 is 11.3 Å². The number of nitrogens with two attached hydrogens (primary N) is 1. The number of aliphatic hydroxyl groups is 2. The summed E-state index contributed by atoms with van der Waals surface area (Å²) in [4.78, 5) is 32.4. The lowest BCUT2D eigenvalue weighted by atomic mass is 9.90. The Labute approximate surface area is 231 Å². The van der Waals surface area contributed by atoms with E-state index in [9.17, 15) is 19.8 Å². The molecule has 2 amide bonds. The number of carbonyl (C=O) groups excluding carboxylic acids is 2. The highest BCUT2D eigenvalue weighted by Crippen LogP contribution is 2.37. The van der Waals surface area contributed by atoms with Crippen molar-refractivity contribution in [3.63, 3.8) is 0 Å². The molecule has 1 aliphatic rings. The third kappa shape index (κ3) is 6.45. The van der Waals surface area contributed by atoms with Crippen LogP contribution in [0.4, 0.5) is 10.8 Å². The summed E-state index contributed by atoms with van der Waals surface area (Å²) in [7, 11) is 1.77. The van der Waals surface area contributed by atoms with Gasteiger partial charge in [-0.15, -0.1) is 11.3 Å². The van der Waals surface area contributed by atoms with Crippen LogP contribution in [-0.2, 0) is 16.0 Å². The van der Waals surface area contributed by atoms with Gasteiger partial charge in [0.05, 0.1) is 11.7 Å². The molecule has 0 aliphatic carbocycles. The van der Waals surface area contributed by atoms with Crippen LogP contribution < -0.4 is 21.7 Å². The average molecular weight is 551 g/mol. The van der Waals surface area contributed by atoms with Crippen LogP contribution in [0.3, 0.4) is 0 Å². The van der Waals surface area contributed by atoms with Gasteiger partial charge in [0.25, 0.3) is 11.8 Å². The molecule has 0 saturated heterocycles. The summed E-state index contributed by atoms with van der Waals surface area (Å²) in [5.41, 5.74) is 9.72. The van der Waals surface area contributed by atoms with Crippen molar-refractivity contribution in [3.05, 3.63) is 88.6 Å². The molecule has 11 heteroatoms. The molecule has 39 heavy (non-hydrogen) atoms. The minimum Gasteiger partial charge on any atom is -0.380 e. The number of rotatable bonds is 10. The fourth-order valence-electron chi connectivity index (χ4n) is 4.57. The predicted octanol–water partition coefficient (Wildman–Crippen LogP) is 2.14. The first kappa shape index (κ1) is 28.2. The first-order valence-electron chi connectivity index (χ1n) is 12.7. The number of amides is 2. The molecule has 2 heterocycles. The zero-order chi connectivity index (χ0) is 27.9. The van der Waals surface area contributed by atoms with Gasteiger partial charge in [-0.25, -0.2) is 4.98 Å². The molecule has 4 atom stereocenters. The largest absolute Gasteiger partial charge is 0.380 e. The van der Waals surface area contributed by atoms with Crippen molar-refractivity contribution in [1.82, 2.24) is 15.2 Å². The number of fused-ring (bicyclic) bond motifs is 1. The maximum atomic E-state index is 13.5. The Morgan fingerprint density at radius 1 is 1.18 bits per heavy atom. The van der Waals surface area contributed by atoms with E-state index >= 15 is 0 Å². The summed E-state index contributed by atoms with van der Waals surface area (Å²) in [6, 6.07) is 14.1. The molecule has 4 rings (SSSR count). The van der Waals surface area contributed by atoms with Gasteiger partial charge in [-0.2, -0.15) is 0 Å². The van der Waals surface area contributed by atoms with E-state index < -0.39 is 36.1 Å². The zero-order valence-electron chi connectivity index (χ0n) is 21.9. The predicted molar refractivity (Wildman–Crippen MR) is 152 cm³/mol. The Bertz CT molecular complexity index is 1310. The SMILES string of the molecule is CNc1nc([C@H]2c3ccccc3CCN2C(=O)[C@H](O)[C@@H](O)C(=O)N[C@H](C)c2ccc(N/C=C\CN)cc2)cs1. The lowest BCUT2D eigenvalue weighted by molar-refractivity contribution is -0.155. The fourth-order valence-corrected chi connectivity index (χ4v) is 5.26. The molecule has 0 fully saturated rings. The van der Waals surface area contributed by atoms with E-state index in [0.717, 1.165) is 22.4 Å². The van der Waals surface area contributed by atoms with Crippen molar-refractivity contribution >= 4 is 34.0 Å². The van der Waals surface area contributed by atoms with Crippen LogP contribution in [0.2, 0.25) is 0 Å². The van der Waals surface area contributed by atoms with E-state index in [1.54, 1.807) is 26.2 Å². The lowest BCUT2D eigenvalue weighted by Gasteiger charge is -2.38. The van der Waals surface area contributed by atoms with E-state index in [0.29, 0.717) is 30.3 Å². The van der Waals surface area contributed by atoms with Gasteiger partial charge in [0, 0.05) is 31.2 Å². The smallest absolute Gasteiger partial charge is 0.255 e. The van der Waals surface area contributed by atoms with E-state index in [1.165, 1.54) is 16.2 Å². The summed E-state index contributed by atoms with van der Waals surface area (Å²) >= 11 is 1.41. The molecule has 0 saturated carbocycles. The Morgan fingerprint density at radius 2 is 1.92 bits per heavy atom. The Kier molecular flexibility index (Phi) is 9.31. The molecule has 0 radical (unpaired) electrons. The first-order valence-corrected chi connectivity index (χ1v) is 13.6. The molecule has 0 bridgehead atoms. The number of nitrogens with one attached hydrogen (secondary N) is 3. The van der Waals surface area contributed by atoms with E-state index in [1.807, 2.05) is 53.9 Å². The molecule has 1 aliphatic heterocycles. The quantitative estimate of drug-likeness (QED) is 0.225. The molecule has 2 aromatic carbocycles. The fraction of sp³-hybridized carbons (Fsp3) is 0.321. The molecule has 7 N–H and O–H groups in total. The van der Waals surface area contributed by atoms with Gasteiger partial charge >= 0.3 is 0 Å². The third-order valence-electron chi connectivity index (χ3n) is 6.68. The average Bonchev–Trinajstić information content (AvgIpc) is 3.44. The van der Waals surface area contributed by atoms with Crippen LogP contribution in [0.1, 0.15) is 41.4 Å². The molecule has 10 nitrogen and oxygen atoms in total. The van der Waals surface area contributed by atoms with Crippen molar-refractivity contribution in [2.75, 3.05) is 30.8 Å². The minimum absolute atomic E-state index is 0.315. The van der Waals surface area contributed by atoms with Crippen LogP contribution in [0, 0.1) is 0 Å². The second-order valence-corrected chi connectivity index (χ2v) is 10.1. The maximum absolute atomic E-state index is 13.5. The number of aromatic nitrogens is 1. The zero-order valence-corrected chi connectivity index (χ0v) is 22.7. The molecule has 0 spiro atoms. The maximum Gasteiger partial charge on any atom is 0.255 e. The van der Waals surface area contributed by atoms with Crippen molar-refractivity contribution in [3.8, 4) is 0 Å². The Morgan fingerprint density at radius 3 is 2.62 bits per heavy atom. The Balaban J connectivity index is 1.45. The normalized spacial score (nSPS) is 17.3. The van der Waals surface area contributed by atoms with Crippen molar-refractivity contribution in [1.29, 1.82) is 0 Å². The van der Waals surface area contributed by atoms with Crippen LogP contribution in [-0.4, -0.2) is 64.3 Å². The molecular formula is C28H34N6O4S. The van der Waals surface area contributed by atoms with Crippen molar-refractivity contribution in [2.45, 2.75) is 37.6 Å². The van der Waals surface area contributed by atoms with Crippen molar-refractivity contribution < 1.29 is 19.8 Å². The summed E-state index contributed by atoms with van der Waals surface area (Å²) in [5, 5.41) is 32.9. The summed E-state index contributed by atoms with van der Waals surface area (Å²) in [5.74, 6) is -1.57. The Hall–Kier alpha value is -3.77. The third-order valence-corrected chi connectivity index (χ3v) is 7.55. The second-order valence-electron chi connectivity index (χ2n) is 9.23. The summed E-state index contributed by atoms with van der Waals surface area (Å²) < 4.78 is 0. The number of benzene rings is 2. The molecule has 206 valence electrons. The number of anilines is 2. The number of nitrogens with zero attached hydrogens (tertiary/aromatic N) is 2. The monoisotopic (exact) mass is 550 g/mol. The number of aliphatic hydroxyl groups excluding tert-OH is 2. The van der Waals surface area contributed by atoms with Crippen LogP contribution in [0.15, 0.2) is 66.2 Å². The van der Waals surface area contributed by atoms with E-state index in [2.05, 4.69) is 20.9 Å². The molecule has 3 aromatic rings. The van der Waals surface area contributed by atoms with Gasteiger partial charge in [-0.05, 0) is 48.4 Å². The molecular weight excluding hydrogens is 516 g/mol. The standard InChI is InChI=1S/C28H34N6O4S/c1-17(18-8-10-20(11-9-18)31-14-5-13-29)32-26(37)24(35)25(36)27(38)34-15-12-19-6-3-4-7-21(19)23(34)22-16-39-28(30-2)33-22/h3-11,14,16-17,23-25,31,35-36H,12-13,15,29H2,1-2H3,(H,30,33)(H,32,37)/b14-5-/t17-,23-,24-,25-/m1/s1. The summed E-state index contributed by atoms with van der Waals surface area (Å²) in [6.45, 7) is 2.50. The minimum atomic E-state index is -1.94. The lowest BCUT2D eigenvalue weighted by Crippen LogP contribution is -2.53. The molecule has 1 aromatic heterocycles. The van der Waals surface area contributed by atoms with Gasteiger partial charge in [-0.3, -0.25) is 9.59 Å². The topological polar surface area (TPSA) is 153 Å². The second kappa shape index (κ2) is 12.9. The summed E-state index contributed by atoms with van der Waals surface area (Å²) in [6.07, 6.45) is 0.234. The van der Waals surface area contributed by atoms with Gasteiger partial charge in [0.15, 0.2) is 17.3 Å². The number of hydrogen-bond acceptors (Lipinski definition) is 9. The van der Waals surface area contributed by atoms with E-state index in [4.69, 9.17) is 5.73 Å². The number of hydrogen-bond donors (Lipinski definition) is 6. The van der Waals surface area contributed by atoms with Crippen LogP contribution in [0.5, 0.6) is 0 Å². The van der Waals surface area contributed by atoms with Gasteiger partial charge in [0.1, 0.15) is 6.04 Å². The van der Waals surface area contributed by atoms with Crippen LogP contribution in [0.25, 0.3) is 0 Å². The van der Waals surface area contributed by atoms with Crippen molar-refractivity contribution in [2.24, 2.45) is 5.73 Å².